The van der Waals surface area contributed by atoms with Crippen molar-refractivity contribution in [3.05, 3.63) is 64.7 Å². The number of alkyl carbamates (subject to hydrolysis) is 1. The van der Waals surface area contributed by atoms with Crippen molar-refractivity contribution in [3.63, 3.8) is 0 Å². The summed E-state index contributed by atoms with van der Waals surface area (Å²) in [5.74, 6) is -1.81. The molecule has 39 heavy (non-hydrogen) atoms. The number of nitrogens with zero attached hydrogens (tertiary/aromatic N) is 1. The fraction of sp³-hybridized carbons (Fsp3) is 0.467. The Morgan fingerprint density at radius 3 is 2.15 bits per heavy atom. The summed E-state index contributed by atoms with van der Waals surface area (Å²) in [5.41, 5.74) is 8.72. The SMILES string of the molecule is CCC(C)N(C(=O)C(CC(N)=O)NC(=O)OC(C)(C)C)C(C(=O)Nc1ccccc1C)c1ccc(C)c(C)c1. The summed E-state index contributed by atoms with van der Waals surface area (Å²) < 4.78 is 5.33. The number of nitrogens with one attached hydrogen (secondary N) is 2. The molecule has 4 amide bonds. The van der Waals surface area contributed by atoms with E-state index in [0.717, 1.165) is 16.7 Å². The van der Waals surface area contributed by atoms with E-state index >= 15 is 0 Å². The van der Waals surface area contributed by atoms with Crippen LogP contribution in [0.4, 0.5) is 10.5 Å². The molecular formula is C30H42N4O5. The molecule has 212 valence electrons. The smallest absolute Gasteiger partial charge is 0.408 e. The largest absolute Gasteiger partial charge is 0.444 e. The van der Waals surface area contributed by atoms with Gasteiger partial charge in [0.05, 0.1) is 6.42 Å². The van der Waals surface area contributed by atoms with Crippen LogP contribution in [0, 0.1) is 20.8 Å². The van der Waals surface area contributed by atoms with Gasteiger partial charge in [-0.1, -0.05) is 43.3 Å². The number of primary amides is 1. The van der Waals surface area contributed by atoms with Crippen molar-refractivity contribution in [2.45, 2.75) is 92.0 Å². The van der Waals surface area contributed by atoms with Crippen LogP contribution < -0.4 is 16.4 Å². The number of hydrogen-bond donors (Lipinski definition) is 3. The highest BCUT2D eigenvalue weighted by Gasteiger charge is 2.39. The molecule has 0 aromatic heterocycles. The van der Waals surface area contributed by atoms with Crippen molar-refractivity contribution in [1.82, 2.24) is 10.2 Å². The molecule has 2 aromatic carbocycles. The van der Waals surface area contributed by atoms with Gasteiger partial charge in [-0.2, -0.15) is 0 Å². The first kappa shape index (κ1) is 31.3. The summed E-state index contributed by atoms with van der Waals surface area (Å²) in [6.45, 7) is 14.6. The van der Waals surface area contributed by atoms with Crippen molar-refractivity contribution in [1.29, 1.82) is 0 Å². The van der Waals surface area contributed by atoms with Gasteiger partial charge in [0.15, 0.2) is 0 Å². The number of nitrogens with two attached hydrogens (primary N) is 1. The number of ether oxygens (including phenoxy) is 1. The number of para-hydroxylation sites is 1. The van der Waals surface area contributed by atoms with Gasteiger partial charge in [0.2, 0.25) is 11.8 Å². The minimum absolute atomic E-state index is 0.420. The molecule has 0 radical (unpaired) electrons. The first-order valence-corrected chi connectivity index (χ1v) is 13.2. The lowest BCUT2D eigenvalue weighted by Crippen LogP contribution is -2.55. The average molecular weight is 539 g/mol. The first-order valence-electron chi connectivity index (χ1n) is 13.2. The van der Waals surface area contributed by atoms with Gasteiger partial charge in [0.1, 0.15) is 17.7 Å². The quantitative estimate of drug-likeness (QED) is 0.404. The number of amides is 4. The third kappa shape index (κ3) is 8.84. The summed E-state index contributed by atoms with van der Waals surface area (Å²) in [4.78, 5) is 54.1. The first-order chi connectivity index (χ1) is 18.1. The van der Waals surface area contributed by atoms with Crippen LogP contribution in [-0.2, 0) is 19.1 Å². The molecule has 0 bridgehead atoms. The van der Waals surface area contributed by atoms with E-state index in [1.165, 1.54) is 4.90 Å². The maximum absolute atomic E-state index is 14.1. The molecule has 0 fully saturated rings. The van der Waals surface area contributed by atoms with Gasteiger partial charge >= 0.3 is 6.09 Å². The fourth-order valence-electron chi connectivity index (χ4n) is 4.11. The van der Waals surface area contributed by atoms with Crippen LogP contribution in [0.5, 0.6) is 0 Å². The van der Waals surface area contributed by atoms with Gasteiger partial charge in [-0.15, -0.1) is 0 Å². The number of hydrogen-bond acceptors (Lipinski definition) is 5. The number of carbonyl (C=O) groups excluding carboxylic acids is 4. The van der Waals surface area contributed by atoms with Crippen LogP contribution >= 0.6 is 0 Å². The van der Waals surface area contributed by atoms with Crippen molar-refractivity contribution in [3.8, 4) is 0 Å². The molecule has 3 atom stereocenters. The van der Waals surface area contributed by atoms with Gasteiger partial charge in [-0.25, -0.2) is 4.79 Å². The Kier molecular flexibility index (Phi) is 10.7. The lowest BCUT2D eigenvalue weighted by Gasteiger charge is -2.38. The Morgan fingerprint density at radius 2 is 1.62 bits per heavy atom. The molecular weight excluding hydrogens is 496 g/mol. The average Bonchev–Trinajstić information content (AvgIpc) is 2.83. The number of aryl methyl sites for hydroxylation is 3. The topological polar surface area (TPSA) is 131 Å². The van der Waals surface area contributed by atoms with Crippen molar-refractivity contribution >= 4 is 29.5 Å². The maximum Gasteiger partial charge on any atom is 0.408 e. The molecule has 0 aliphatic heterocycles. The van der Waals surface area contributed by atoms with Gasteiger partial charge in [-0.3, -0.25) is 14.4 Å². The highest BCUT2D eigenvalue weighted by atomic mass is 16.6. The maximum atomic E-state index is 14.1. The Labute approximate surface area is 231 Å². The molecule has 4 N–H and O–H groups in total. The normalized spacial score (nSPS) is 13.5. The van der Waals surface area contributed by atoms with Gasteiger partial charge < -0.3 is 26.0 Å². The number of anilines is 1. The monoisotopic (exact) mass is 538 g/mol. The molecule has 2 rings (SSSR count). The minimum Gasteiger partial charge on any atom is -0.444 e. The van der Waals surface area contributed by atoms with Crippen molar-refractivity contribution in [2.75, 3.05) is 5.32 Å². The number of benzene rings is 2. The number of rotatable bonds is 10. The molecule has 2 aromatic rings. The molecule has 0 heterocycles. The van der Waals surface area contributed by atoms with E-state index in [1.807, 2.05) is 71.0 Å². The van der Waals surface area contributed by atoms with E-state index in [9.17, 15) is 19.2 Å². The molecule has 3 unspecified atom stereocenters. The van der Waals surface area contributed by atoms with Crippen LogP contribution in [0.1, 0.15) is 75.8 Å². The van der Waals surface area contributed by atoms with Gasteiger partial charge in [0, 0.05) is 11.7 Å². The lowest BCUT2D eigenvalue weighted by atomic mass is 9.96. The fourth-order valence-corrected chi connectivity index (χ4v) is 4.11. The predicted molar refractivity (Wildman–Crippen MR) is 152 cm³/mol. The van der Waals surface area contributed by atoms with E-state index in [4.69, 9.17) is 10.5 Å². The second kappa shape index (κ2) is 13.3. The van der Waals surface area contributed by atoms with E-state index in [-0.39, 0.29) is 0 Å². The van der Waals surface area contributed by atoms with E-state index in [1.54, 1.807) is 26.8 Å². The zero-order valence-electron chi connectivity index (χ0n) is 24.3. The van der Waals surface area contributed by atoms with Crippen LogP contribution in [0.2, 0.25) is 0 Å². The Bertz CT molecular complexity index is 1200. The third-order valence-electron chi connectivity index (χ3n) is 6.49. The molecule has 0 aliphatic rings. The summed E-state index contributed by atoms with van der Waals surface area (Å²) in [5, 5.41) is 5.48. The van der Waals surface area contributed by atoms with E-state index in [0.29, 0.717) is 17.7 Å². The second-order valence-corrected chi connectivity index (χ2v) is 10.9. The summed E-state index contributed by atoms with van der Waals surface area (Å²) in [7, 11) is 0. The number of carbonyl (C=O) groups is 4. The van der Waals surface area contributed by atoms with E-state index < -0.39 is 54.0 Å². The highest BCUT2D eigenvalue weighted by molar-refractivity contribution is 6.00. The minimum atomic E-state index is -1.33. The Morgan fingerprint density at radius 1 is 0.974 bits per heavy atom. The van der Waals surface area contributed by atoms with E-state index in [2.05, 4.69) is 10.6 Å². The molecule has 9 heteroatoms. The molecule has 9 nitrogen and oxygen atoms in total. The Balaban J connectivity index is 2.62. The summed E-state index contributed by atoms with van der Waals surface area (Å²) >= 11 is 0. The molecule has 0 saturated carbocycles. The van der Waals surface area contributed by atoms with Gasteiger partial charge in [0.25, 0.3) is 5.91 Å². The zero-order chi connectivity index (χ0) is 29.5. The van der Waals surface area contributed by atoms with Crippen molar-refractivity contribution in [2.24, 2.45) is 5.73 Å². The third-order valence-corrected chi connectivity index (χ3v) is 6.49. The Hall–Kier alpha value is -3.88. The highest BCUT2D eigenvalue weighted by Crippen LogP contribution is 2.29. The standard InChI is InChI=1S/C30H42N4O5/c1-9-21(5)34(28(37)24(17-25(31)35)33-29(38)39-30(6,7)8)26(22-15-14-18(2)20(4)16-22)27(36)32-23-13-11-10-12-19(23)3/h10-16,21,24,26H,9,17H2,1-8H3,(H2,31,35)(H,32,36)(H,33,38). The zero-order valence-corrected chi connectivity index (χ0v) is 24.3. The van der Waals surface area contributed by atoms with Gasteiger partial charge in [-0.05, 0) is 83.2 Å². The lowest BCUT2D eigenvalue weighted by molar-refractivity contribution is -0.144. The predicted octanol–water partition coefficient (Wildman–Crippen LogP) is 4.69. The molecule has 0 aliphatic carbocycles. The second-order valence-electron chi connectivity index (χ2n) is 10.9. The molecule has 0 spiro atoms. The van der Waals surface area contributed by atoms with Crippen LogP contribution in [0.15, 0.2) is 42.5 Å². The van der Waals surface area contributed by atoms with Crippen LogP contribution in [0.3, 0.4) is 0 Å². The van der Waals surface area contributed by atoms with Crippen LogP contribution in [0.25, 0.3) is 0 Å². The summed E-state index contributed by atoms with van der Waals surface area (Å²) in [6, 6.07) is 10.2. The van der Waals surface area contributed by atoms with Crippen molar-refractivity contribution < 1.29 is 23.9 Å². The van der Waals surface area contributed by atoms with Crippen LogP contribution in [-0.4, -0.2) is 46.4 Å². The summed E-state index contributed by atoms with van der Waals surface area (Å²) in [6.07, 6.45) is -0.803. The molecule has 0 saturated heterocycles.